The van der Waals surface area contributed by atoms with Gasteiger partial charge in [0.25, 0.3) is 5.56 Å². The van der Waals surface area contributed by atoms with E-state index in [2.05, 4.69) is 19.9 Å². The summed E-state index contributed by atoms with van der Waals surface area (Å²) in [6, 6.07) is 7.84. The number of aromatic amines is 3. The van der Waals surface area contributed by atoms with Crippen molar-refractivity contribution in [1.29, 1.82) is 0 Å². The average Bonchev–Trinajstić information content (AvgIpc) is 3.10. The van der Waals surface area contributed by atoms with Gasteiger partial charge in [0.1, 0.15) is 0 Å². The number of fused-ring (bicyclic) bond motifs is 1. The maximum Gasteiger partial charge on any atom is 0.309 e. The second-order valence-electron chi connectivity index (χ2n) is 4.82. The van der Waals surface area contributed by atoms with E-state index in [0.29, 0.717) is 10.6 Å². The molecule has 0 aliphatic carbocycles. The molecule has 3 aromatic rings. The Labute approximate surface area is 125 Å². The van der Waals surface area contributed by atoms with Crippen LogP contribution in [0.25, 0.3) is 23.1 Å². The van der Waals surface area contributed by atoms with Crippen LogP contribution in [0.4, 0.5) is 0 Å². The lowest BCUT2D eigenvalue weighted by atomic mass is 10.1. The summed E-state index contributed by atoms with van der Waals surface area (Å²) in [4.78, 5) is 26.3. The number of aromatic nitrogens is 3. The number of carbonyl (C=O) groups excluding carboxylic acids is 1. The van der Waals surface area contributed by atoms with Gasteiger partial charge in [-0.2, -0.15) is 0 Å². The van der Waals surface area contributed by atoms with E-state index in [4.69, 9.17) is 0 Å². The normalized spacial score (nSPS) is 13.0. The van der Waals surface area contributed by atoms with Gasteiger partial charge in [-0.25, -0.2) is 0 Å². The number of carbonyl (C=O) groups is 1. The van der Waals surface area contributed by atoms with Gasteiger partial charge in [-0.05, 0) is 18.2 Å². The van der Waals surface area contributed by atoms with E-state index in [-0.39, 0.29) is 17.9 Å². The second-order valence-corrected chi connectivity index (χ2v) is 4.82. The highest BCUT2D eigenvalue weighted by atomic mass is 16.5. The smallest absolute Gasteiger partial charge is 0.309 e. The number of benzene rings is 1. The third-order valence-corrected chi connectivity index (χ3v) is 3.47. The van der Waals surface area contributed by atoms with E-state index in [1.54, 1.807) is 12.2 Å². The van der Waals surface area contributed by atoms with Crippen LogP contribution in [0.5, 0.6) is 0 Å². The molecule has 0 saturated carbocycles. The van der Waals surface area contributed by atoms with Gasteiger partial charge in [0.05, 0.1) is 24.1 Å². The monoisotopic (exact) mass is 297 g/mol. The van der Waals surface area contributed by atoms with Crippen molar-refractivity contribution in [2.75, 3.05) is 7.11 Å². The maximum absolute atomic E-state index is 12.0. The predicted molar refractivity (Wildman–Crippen MR) is 83.6 cm³/mol. The van der Waals surface area contributed by atoms with Gasteiger partial charge in [-0.3, -0.25) is 19.8 Å². The summed E-state index contributed by atoms with van der Waals surface area (Å²) in [6.45, 7) is 0. The highest BCUT2D eigenvalue weighted by Crippen LogP contribution is 2.17. The molecular weight excluding hydrogens is 282 g/mol. The first kappa shape index (κ1) is 13.9. The van der Waals surface area contributed by atoms with Gasteiger partial charge in [0.2, 0.25) is 0 Å². The van der Waals surface area contributed by atoms with E-state index < -0.39 is 0 Å². The minimum Gasteiger partial charge on any atom is -0.469 e. The molecule has 0 spiro atoms. The number of methoxy groups -OCH3 is 1. The molecule has 0 aliphatic heterocycles. The Bertz CT molecular complexity index is 991. The Kier molecular flexibility index (Phi) is 3.65. The molecule has 0 amide bonds. The number of hydrogen-bond donors (Lipinski definition) is 3. The zero-order valence-electron chi connectivity index (χ0n) is 12.0. The lowest BCUT2D eigenvalue weighted by Crippen LogP contribution is -2.33. The van der Waals surface area contributed by atoms with Crippen LogP contribution in [0.15, 0.2) is 35.3 Å². The molecule has 0 bridgehead atoms. The van der Waals surface area contributed by atoms with E-state index in [1.807, 2.05) is 30.5 Å². The van der Waals surface area contributed by atoms with Gasteiger partial charge < -0.3 is 9.72 Å². The molecule has 2 aromatic heterocycles. The third-order valence-electron chi connectivity index (χ3n) is 3.47. The largest absolute Gasteiger partial charge is 0.469 e. The van der Waals surface area contributed by atoms with Crippen molar-refractivity contribution >= 4 is 29.0 Å². The molecule has 0 unspecified atom stereocenters. The zero-order chi connectivity index (χ0) is 15.5. The average molecular weight is 297 g/mol. The van der Waals surface area contributed by atoms with Crippen molar-refractivity contribution in [3.8, 4) is 0 Å². The molecule has 0 atom stereocenters. The van der Waals surface area contributed by atoms with Crippen LogP contribution in [-0.2, 0) is 9.53 Å². The quantitative estimate of drug-likeness (QED) is 0.610. The number of para-hydroxylation sites is 1. The van der Waals surface area contributed by atoms with Crippen molar-refractivity contribution < 1.29 is 9.53 Å². The molecule has 112 valence electrons. The molecule has 0 fully saturated rings. The topological polar surface area (TPSA) is 90.7 Å². The molecule has 3 rings (SSSR count). The molecule has 1 aromatic carbocycles. The minimum absolute atomic E-state index is 0.0962. The molecule has 22 heavy (non-hydrogen) atoms. The molecule has 6 nitrogen and oxygen atoms in total. The summed E-state index contributed by atoms with van der Waals surface area (Å²) >= 11 is 0. The first-order valence-corrected chi connectivity index (χ1v) is 6.80. The number of esters is 1. The Morgan fingerprint density at radius 3 is 2.91 bits per heavy atom. The Hall–Kier alpha value is -3.02. The molecule has 0 aliphatic rings. The summed E-state index contributed by atoms with van der Waals surface area (Å²) in [6.07, 6.45) is 5.36. The molecule has 0 saturated heterocycles. The summed E-state index contributed by atoms with van der Waals surface area (Å²) < 4.78 is 4.59. The van der Waals surface area contributed by atoms with E-state index in [0.717, 1.165) is 16.5 Å². The number of hydrogen-bond acceptors (Lipinski definition) is 3. The summed E-state index contributed by atoms with van der Waals surface area (Å²) in [5.74, 6) is -0.361. The first-order valence-electron chi connectivity index (χ1n) is 6.80. The van der Waals surface area contributed by atoms with Gasteiger partial charge in [-0.15, -0.1) is 0 Å². The summed E-state index contributed by atoms with van der Waals surface area (Å²) in [5, 5.41) is 7.39. The molecule has 6 heteroatoms. The van der Waals surface area contributed by atoms with E-state index in [1.165, 1.54) is 7.11 Å². The lowest BCUT2D eigenvalue weighted by Gasteiger charge is -1.91. The standard InChI is InChI=1S/C16H15N3O3/c1-22-15(20)7-6-14-12(16(21)19-18-14)8-10-9-17-13-5-3-2-4-11(10)13/h2-6,8-9,17-18H,7H2,1H3,(H,19,21). The fraction of sp³-hybridized carbons (Fsp3) is 0.125. The minimum atomic E-state index is -0.361. The number of nitrogens with one attached hydrogen (secondary N) is 3. The fourth-order valence-electron chi connectivity index (χ4n) is 2.32. The van der Waals surface area contributed by atoms with Crippen molar-refractivity contribution in [2.24, 2.45) is 0 Å². The number of H-pyrrole nitrogens is 3. The van der Waals surface area contributed by atoms with Crippen LogP contribution in [0.2, 0.25) is 0 Å². The van der Waals surface area contributed by atoms with Crippen LogP contribution in [0, 0.1) is 0 Å². The first-order chi connectivity index (χ1) is 10.7. The molecule has 0 radical (unpaired) electrons. The number of rotatable bonds is 3. The Morgan fingerprint density at radius 1 is 1.27 bits per heavy atom. The Morgan fingerprint density at radius 2 is 2.09 bits per heavy atom. The van der Waals surface area contributed by atoms with Crippen molar-refractivity contribution in [2.45, 2.75) is 6.42 Å². The van der Waals surface area contributed by atoms with Crippen LogP contribution >= 0.6 is 0 Å². The van der Waals surface area contributed by atoms with Crippen molar-refractivity contribution in [3.63, 3.8) is 0 Å². The summed E-state index contributed by atoms with van der Waals surface area (Å²) in [7, 11) is 1.33. The van der Waals surface area contributed by atoms with Crippen LogP contribution in [-0.4, -0.2) is 28.3 Å². The molecule has 3 N–H and O–H groups in total. The van der Waals surface area contributed by atoms with E-state index >= 15 is 0 Å². The van der Waals surface area contributed by atoms with Gasteiger partial charge >= 0.3 is 5.97 Å². The zero-order valence-corrected chi connectivity index (χ0v) is 12.0. The van der Waals surface area contributed by atoms with Crippen LogP contribution in [0.3, 0.4) is 0 Å². The molecule has 2 heterocycles. The highest BCUT2D eigenvalue weighted by Gasteiger charge is 2.02. The second kappa shape index (κ2) is 5.77. The van der Waals surface area contributed by atoms with Gasteiger partial charge in [0.15, 0.2) is 0 Å². The summed E-state index contributed by atoms with van der Waals surface area (Å²) in [5.41, 5.74) is 1.68. The van der Waals surface area contributed by atoms with E-state index in [9.17, 15) is 9.59 Å². The highest BCUT2D eigenvalue weighted by molar-refractivity contribution is 5.88. The van der Waals surface area contributed by atoms with Crippen LogP contribution in [0.1, 0.15) is 12.0 Å². The van der Waals surface area contributed by atoms with Crippen molar-refractivity contribution in [1.82, 2.24) is 15.2 Å². The van der Waals surface area contributed by atoms with Gasteiger partial charge in [0, 0.05) is 22.7 Å². The fourth-order valence-corrected chi connectivity index (χ4v) is 2.32. The Balaban J connectivity index is 2.14. The van der Waals surface area contributed by atoms with Gasteiger partial charge in [-0.1, -0.05) is 18.2 Å². The third kappa shape index (κ3) is 2.58. The molecular formula is C16H15N3O3. The maximum atomic E-state index is 12.0. The van der Waals surface area contributed by atoms with Crippen LogP contribution < -0.4 is 16.1 Å². The SMILES string of the molecule is COC(=O)CC=c1[nH][nH]c(=O)c1=Cc1c[nH]c2ccccc12. The van der Waals surface area contributed by atoms with Crippen molar-refractivity contribution in [3.05, 3.63) is 56.9 Å². The predicted octanol–water partition coefficient (Wildman–Crippen LogP) is 0.357. The number of ether oxygens (including phenoxy) is 1. The lowest BCUT2D eigenvalue weighted by molar-refractivity contribution is -0.139.